The number of hydrogen-bond acceptors (Lipinski definition) is 16. The largest absolute Gasteiger partial charge is 0.388 e. The molecule has 4 aliphatic carbocycles. The van der Waals surface area contributed by atoms with Gasteiger partial charge in [-0.2, -0.15) is 0 Å². The van der Waals surface area contributed by atoms with Crippen molar-refractivity contribution in [2.24, 2.45) is 23.2 Å². The summed E-state index contributed by atoms with van der Waals surface area (Å²) in [6.45, 7) is 6.02. The van der Waals surface area contributed by atoms with Crippen LogP contribution in [0, 0.1) is 23.2 Å². The van der Waals surface area contributed by atoms with Crippen molar-refractivity contribution in [3.05, 3.63) is 101 Å². The minimum absolute atomic E-state index is 0.0184. The van der Waals surface area contributed by atoms with Crippen LogP contribution >= 0.6 is 0 Å². The number of ketones is 2. The molecule has 0 aromatic heterocycles. The number of allylic oxidation sites excluding steroid dienone is 2. The Kier molecular flexibility index (Phi) is 18.2. The van der Waals surface area contributed by atoms with Crippen LogP contribution in [0.2, 0.25) is 0 Å². The quantitative estimate of drug-likeness (QED) is 0.0751. The molecule has 19 nitrogen and oxygen atoms in total. The average molecular weight is 1060 g/mol. The van der Waals surface area contributed by atoms with E-state index < -0.39 is 59.4 Å². The Balaban J connectivity index is 0.598. The number of Topliss-reactive ketones (excluding diaryl/α,β-unsaturated/α-hetero) is 1. The van der Waals surface area contributed by atoms with E-state index in [9.17, 15) is 33.9 Å². The number of aliphatic hydroxyl groups excluding tert-OH is 1. The summed E-state index contributed by atoms with van der Waals surface area (Å²) < 4.78 is 68.8. The Bertz CT molecular complexity index is 2520. The summed E-state index contributed by atoms with van der Waals surface area (Å²) >= 11 is 0. The van der Waals surface area contributed by atoms with E-state index in [1.807, 2.05) is 55.5 Å². The maximum absolute atomic E-state index is 15.9. The maximum Gasteiger partial charge on any atom is 0.253 e. The molecule has 4 amide bonds. The minimum Gasteiger partial charge on any atom is -0.388 e. The number of nitrogens with zero attached hydrogens (tertiary/aromatic N) is 1. The third-order valence-electron chi connectivity index (χ3n) is 15.9. The van der Waals surface area contributed by atoms with E-state index in [0.29, 0.717) is 110 Å². The third-order valence-corrected chi connectivity index (χ3v) is 15.9. The van der Waals surface area contributed by atoms with Crippen LogP contribution in [0.1, 0.15) is 62.0 Å². The van der Waals surface area contributed by atoms with E-state index in [4.69, 9.17) is 42.6 Å². The van der Waals surface area contributed by atoms with Crippen LogP contribution in [0.25, 0.3) is 0 Å². The molecule has 3 saturated carbocycles. The highest BCUT2D eigenvalue weighted by Crippen LogP contribution is 2.73. The van der Waals surface area contributed by atoms with Crippen LogP contribution in [0.4, 0.5) is 10.1 Å². The summed E-state index contributed by atoms with van der Waals surface area (Å²) in [5.74, 6) is -2.21. The minimum atomic E-state index is -1.44. The zero-order chi connectivity index (χ0) is 53.3. The van der Waals surface area contributed by atoms with Gasteiger partial charge in [-0.3, -0.25) is 33.7 Å². The number of aliphatic hydroxyl groups is 1. The van der Waals surface area contributed by atoms with Gasteiger partial charge in [-0.1, -0.05) is 43.3 Å². The number of carbonyl (C=O) groups is 6. The summed E-state index contributed by atoms with van der Waals surface area (Å²) in [5, 5.41) is 16.0. The van der Waals surface area contributed by atoms with Crippen LogP contribution in [-0.4, -0.2) is 174 Å². The second-order valence-corrected chi connectivity index (χ2v) is 20.4. The number of benzene rings is 2. The molecule has 2 aromatic rings. The fourth-order valence-electron chi connectivity index (χ4n) is 12.5. The molecule has 1 spiro atoms. The maximum atomic E-state index is 15.9. The first-order valence-corrected chi connectivity index (χ1v) is 26.3. The van der Waals surface area contributed by atoms with Crippen molar-refractivity contribution in [3.8, 4) is 0 Å². The number of nitrogens with one attached hydrogen (secondary N) is 2. The zero-order valence-electron chi connectivity index (χ0n) is 42.8. The fraction of sp³-hybridized carbons (Fsp3) is 0.571. The average Bonchev–Trinajstić information content (AvgIpc) is 4.23. The molecule has 5 fully saturated rings. The molecule has 2 unspecified atom stereocenters. The molecule has 9 rings (SSSR count). The van der Waals surface area contributed by atoms with E-state index in [-0.39, 0.29) is 73.9 Å². The van der Waals surface area contributed by atoms with Gasteiger partial charge in [-0.25, -0.2) is 4.39 Å². The fourth-order valence-corrected chi connectivity index (χ4v) is 12.5. The zero-order valence-corrected chi connectivity index (χ0v) is 42.8. The smallest absolute Gasteiger partial charge is 0.253 e. The van der Waals surface area contributed by atoms with Gasteiger partial charge in [0, 0.05) is 59.8 Å². The lowest BCUT2D eigenvalue weighted by Crippen LogP contribution is -2.73. The van der Waals surface area contributed by atoms with Crippen molar-refractivity contribution in [3.63, 3.8) is 0 Å². The van der Waals surface area contributed by atoms with Crippen LogP contribution < -0.4 is 10.6 Å². The number of imide groups is 1. The molecule has 20 heteroatoms. The first kappa shape index (κ1) is 55.4. The van der Waals surface area contributed by atoms with Gasteiger partial charge < -0.3 is 58.4 Å². The predicted octanol–water partition coefficient (Wildman–Crippen LogP) is 3.46. The summed E-state index contributed by atoms with van der Waals surface area (Å²) in [4.78, 5) is 74.8. The molecule has 0 radical (unpaired) electrons. The number of amides is 4. The Labute approximate surface area is 440 Å². The summed E-state index contributed by atoms with van der Waals surface area (Å²) in [7, 11) is 0. The van der Waals surface area contributed by atoms with Gasteiger partial charge in [-0.15, -0.1) is 0 Å². The Morgan fingerprint density at radius 1 is 0.763 bits per heavy atom. The predicted molar refractivity (Wildman–Crippen MR) is 268 cm³/mol. The first-order valence-electron chi connectivity index (χ1n) is 26.3. The van der Waals surface area contributed by atoms with Crippen LogP contribution in [0.3, 0.4) is 0 Å². The van der Waals surface area contributed by atoms with Crippen molar-refractivity contribution in [2.45, 2.75) is 81.3 Å². The number of halogens is 1. The molecule has 10 atom stereocenters. The van der Waals surface area contributed by atoms with Crippen LogP contribution in [0.5, 0.6) is 0 Å². The van der Waals surface area contributed by atoms with Gasteiger partial charge in [0.15, 0.2) is 23.5 Å². The molecular weight excluding hydrogens is 990 g/mol. The lowest BCUT2D eigenvalue weighted by Gasteiger charge is -2.68. The highest BCUT2D eigenvalue weighted by atomic mass is 19.1. The molecule has 410 valence electrons. The molecular formula is C56H68FN3O16. The van der Waals surface area contributed by atoms with Gasteiger partial charge in [0.1, 0.15) is 18.4 Å². The van der Waals surface area contributed by atoms with Crippen molar-refractivity contribution >= 4 is 40.9 Å². The van der Waals surface area contributed by atoms with Crippen LogP contribution in [-0.2, 0) is 77.8 Å². The van der Waals surface area contributed by atoms with Crippen molar-refractivity contribution in [2.75, 3.05) is 104 Å². The summed E-state index contributed by atoms with van der Waals surface area (Å²) in [5.41, 5.74) is 0.655. The number of carbonyl (C=O) groups excluding carboxylic acids is 6. The highest BCUT2D eigenvalue weighted by Gasteiger charge is 2.79. The van der Waals surface area contributed by atoms with E-state index in [0.717, 1.165) is 21.6 Å². The second-order valence-electron chi connectivity index (χ2n) is 20.4. The molecule has 2 saturated heterocycles. The monoisotopic (exact) mass is 1060 g/mol. The van der Waals surface area contributed by atoms with E-state index in [1.54, 1.807) is 6.08 Å². The number of alkyl halides is 1. The van der Waals surface area contributed by atoms with Gasteiger partial charge in [0.2, 0.25) is 11.8 Å². The lowest BCUT2D eigenvalue weighted by atomic mass is 9.46. The van der Waals surface area contributed by atoms with Gasteiger partial charge >= 0.3 is 0 Å². The topological polar surface area (TPSA) is 233 Å². The van der Waals surface area contributed by atoms with Gasteiger partial charge in [0.25, 0.3) is 11.8 Å². The highest BCUT2D eigenvalue weighted by molar-refractivity contribution is 6.13. The molecule has 2 aromatic carbocycles. The number of hydrogen-bond donors (Lipinski definition) is 3. The van der Waals surface area contributed by atoms with Gasteiger partial charge in [-0.05, 0) is 79.0 Å². The van der Waals surface area contributed by atoms with Crippen molar-refractivity contribution in [1.29, 1.82) is 0 Å². The molecule has 7 aliphatic rings. The Morgan fingerprint density at radius 2 is 1.41 bits per heavy atom. The second kappa shape index (κ2) is 24.9. The summed E-state index contributed by atoms with van der Waals surface area (Å²) in [6.07, 6.45) is 5.87. The molecule has 3 aliphatic heterocycles. The molecule has 0 bridgehead atoms. The number of fused-ring (bicyclic) bond motifs is 4. The van der Waals surface area contributed by atoms with Crippen molar-refractivity contribution in [1.82, 2.24) is 10.2 Å². The number of rotatable bonds is 30. The normalized spacial score (nSPS) is 29.6. The number of anilines is 1. The standard InChI is InChI=1S/C56H68FN3O16/c1-54-34-45-52-41(32-44(57)43-31-40(62)11-14-55(43,52)75-45)42(54)33-47-56(54,46(63)35-61)76-53(74-47)38-7-5-36(6-8-38)29-37-3-2-4-39(30-37)59-49(65)13-17-68-19-21-70-23-25-72-27-28-73-26-24-71-22-20-69-18-15-58-48(64)12-16-60-50(66)9-10-51(60)67/h2-11,14,30-31,41-42,44-45,47,52-53,61H,12-13,15-29,32-35H2,1H3,(H,58,64)(H,59,65)/t41-,42?,44-,45-,47+,52?,53+,54-,55+,56+/m0/s1. The first-order chi connectivity index (χ1) is 36.8. The SMILES string of the molecule is C[C@]12C[C@@H]3O[C@]45C=CC(=O)C=C4[C@@H](F)C[C@@H](C1C[C@H]1O[C@@H](c4ccc(Cc6cccc(NC(=O)CCOCCOCCOCCOCCOCCOCCNC(=O)CCN7C(=O)C=CC7=O)c6)cc4)O[C@]12C(=O)CO)C35. The lowest BCUT2D eigenvalue weighted by molar-refractivity contribution is -0.304. The molecule has 76 heavy (non-hydrogen) atoms. The third kappa shape index (κ3) is 11.9. The number of ether oxygens (including phenoxy) is 9. The Hall–Kier alpha value is -5.39. The molecule has 3 heterocycles. The van der Waals surface area contributed by atoms with Crippen molar-refractivity contribution < 1.29 is 80.9 Å². The van der Waals surface area contributed by atoms with Crippen LogP contribution in [0.15, 0.2) is 84.5 Å². The van der Waals surface area contributed by atoms with E-state index >= 15 is 4.39 Å². The van der Waals surface area contributed by atoms with Gasteiger partial charge in [0.05, 0.1) is 97.9 Å². The Morgan fingerprint density at radius 3 is 2.07 bits per heavy atom. The molecule has 3 N–H and O–H groups in total. The summed E-state index contributed by atoms with van der Waals surface area (Å²) in [6, 6.07) is 15.4. The van der Waals surface area contributed by atoms with E-state index in [2.05, 4.69) is 10.6 Å². The van der Waals surface area contributed by atoms with E-state index in [1.165, 1.54) is 24.3 Å².